The minimum absolute atomic E-state index is 0.0541. The quantitative estimate of drug-likeness (QED) is 0.730. The minimum atomic E-state index is -3.67. The Bertz CT molecular complexity index is 925. The van der Waals surface area contributed by atoms with Gasteiger partial charge >= 0.3 is 0 Å². The Labute approximate surface area is 144 Å². The van der Waals surface area contributed by atoms with E-state index in [0.29, 0.717) is 17.1 Å². The maximum Gasteiger partial charge on any atom is 0.241 e. The lowest BCUT2D eigenvalue weighted by Crippen LogP contribution is -2.24. The van der Waals surface area contributed by atoms with E-state index in [-0.39, 0.29) is 11.4 Å². The van der Waals surface area contributed by atoms with E-state index >= 15 is 0 Å². The Hall–Kier alpha value is -2.29. The molecule has 124 valence electrons. The number of hydrogen-bond donors (Lipinski definition) is 1. The maximum atomic E-state index is 12.5. The number of thiophene rings is 1. The molecule has 0 spiro atoms. The predicted molar refractivity (Wildman–Crippen MR) is 92.4 cm³/mol. The highest BCUT2D eigenvalue weighted by atomic mass is 32.2. The summed E-state index contributed by atoms with van der Waals surface area (Å²) in [6.07, 6.45) is 3.14. The average Bonchev–Trinajstić information content (AvgIpc) is 3.15. The molecule has 0 aliphatic carbocycles. The number of ether oxygens (including phenoxy) is 1. The molecule has 24 heavy (non-hydrogen) atoms. The van der Waals surface area contributed by atoms with E-state index in [4.69, 9.17) is 4.74 Å². The molecule has 0 saturated carbocycles. The van der Waals surface area contributed by atoms with Gasteiger partial charge in [0.05, 0.1) is 29.9 Å². The fourth-order valence-corrected chi connectivity index (χ4v) is 3.81. The monoisotopic (exact) mass is 361 g/mol. The summed E-state index contributed by atoms with van der Waals surface area (Å²) < 4.78 is 32.5. The summed E-state index contributed by atoms with van der Waals surface area (Å²) in [5, 5.41) is 3.89. The van der Waals surface area contributed by atoms with Crippen LogP contribution in [0.3, 0.4) is 0 Å². The largest absolute Gasteiger partial charge is 0.497 e. The molecule has 2 heterocycles. The van der Waals surface area contributed by atoms with E-state index in [0.717, 1.165) is 5.56 Å². The number of sulfonamides is 1. The lowest BCUT2D eigenvalue weighted by Gasteiger charge is -2.09. The predicted octanol–water partition coefficient (Wildman–Crippen LogP) is 2.69. The van der Waals surface area contributed by atoms with E-state index in [9.17, 15) is 8.42 Å². The molecular weight excluding hydrogens is 346 g/mol. The van der Waals surface area contributed by atoms with Crippen LogP contribution >= 0.6 is 11.3 Å². The molecule has 0 amide bonds. The number of rotatable bonds is 6. The van der Waals surface area contributed by atoms with E-state index in [2.05, 4.69) is 14.7 Å². The van der Waals surface area contributed by atoms with Gasteiger partial charge in [0.25, 0.3) is 0 Å². The van der Waals surface area contributed by atoms with Crippen molar-refractivity contribution in [2.45, 2.75) is 11.4 Å². The Kier molecular flexibility index (Phi) is 4.89. The molecule has 0 atom stereocenters. The molecule has 0 saturated heterocycles. The number of benzene rings is 1. The molecule has 0 fully saturated rings. The van der Waals surface area contributed by atoms with Crippen LogP contribution in [-0.4, -0.2) is 25.5 Å². The summed E-state index contributed by atoms with van der Waals surface area (Å²) in [4.78, 5) is 8.71. The van der Waals surface area contributed by atoms with Crippen molar-refractivity contribution in [3.8, 4) is 17.0 Å². The molecule has 0 aliphatic rings. The van der Waals surface area contributed by atoms with Gasteiger partial charge in [-0.2, -0.15) is 11.3 Å². The van der Waals surface area contributed by atoms with Crippen molar-refractivity contribution < 1.29 is 13.2 Å². The maximum absolute atomic E-state index is 12.5. The van der Waals surface area contributed by atoms with Crippen LogP contribution in [0.25, 0.3) is 11.3 Å². The Balaban J connectivity index is 1.83. The molecule has 0 bridgehead atoms. The van der Waals surface area contributed by atoms with Crippen LogP contribution < -0.4 is 9.46 Å². The van der Waals surface area contributed by atoms with Gasteiger partial charge < -0.3 is 4.74 Å². The third-order valence-corrected chi connectivity index (χ3v) is 5.43. The molecule has 2 aromatic heterocycles. The number of nitrogens with zero attached hydrogens (tertiary/aromatic N) is 2. The van der Waals surface area contributed by atoms with Crippen molar-refractivity contribution in [1.29, 1.82) is 0 Å². The van der Waals surface area contributed by atoms with Gasteiger partial charge in [-0.3, -0.25) is 9.97 Å². The molecule has 0 radical (unpaired) electrons. The van der Waals surface area contributed by atoms with Gasteiger partial charge in [0.15, 0.2) is 0 Å². The summed E-state index contributed by atoms with van der Waals surface area (Å²) in [7, 11) is -2.18. The lowest BCUT2D eigenvalue weighted by atomic mass is 10.2. The van der Waals surface area contributed by atoms with Gasteiger partial charge in [-0.15, -0.1) is 0 Å². The smallest absolute Gasteiger partial charge is 0.241 e. The first-order valence-corrected chi connectivity index (χ1v) is 9.49. The van der Waals surface area contributed by atoms with E-state index in [1.54, 1.807) is 35.9 Å². The summed E-state index contributed by atoms with van der Waals surface area (Å²) in [5.41, 5.74) is 2.16. The van der Waals surface area contributed by atoms with Crippen molar-refractivity contribution >= 4 is 21.4 Å². The molecule has 1 aromatic carbocycles. The Morgan fingerprint density at radius 1 is 1.21 bits per heavy atom. The zero-order valence-corrected chi connectivity index (χ0v) is 14.5. The highest BCUT2D eigenvalue weighted by Gasteiger charge is 2.16. The lowest BCUT2D eigenvalue weighted by molar-refractivity contribution is 0.413. The van der Waals surface area contributed by atoms with E-state index in [1.807, 2.05) is 16.8 Å². The first-order valence-electron chi connectivity index (χ1n) is 7.06. The fraction of sp³-hybridized carbons (Fsp3) is 0.125. The number of methoxy groups -OCH3 is 1. The zero-order chi connectivity index (χ0) is 17.0. The number of aromatic nitrogens is 2. The average molecular weight is 361 g/mol. The van der Waals surface area contributed by atoms with Crippen LogP contribution in [0.15, 0.2) is 58.4 Å². The molecule has 3 rings (SSSR count). The second-order valence-electron chi connectivity index (χ2n) is 4.87. The standard InChI is InChI=1S/C16H15N3O3S2/c1-22-13-3-2-4-14(9-13)24(20,21)19-10-15-16(18-7-6-17-15)12-5-8-23-11-12/h2-9,11,19H,10H2,1H3. The molecule has 0 unspecified atom stereocenters. The van der Waals surface area contributed by atoms with Crippen molar-refractivity contribution in [1.82, 2.24) is 14.7 Å². The van der Waals surface area contributed by atoms with Crippen LogP contribution in [0.4, 0.5) is 0 Å². The third kappa shape index (κ3) is 3.61. The Morgan fingerprint density at radius 3 is 2.79 bits per heavy atom. The molecular formula is C16H15N3O3S2. The van der Waals surface area contributed by atoms with E-state index in [1.165, 1.54) is 19.2 Å². The zero-order valence-electron chi connectivity index (χ0n) is 12.8. The highest BCUT2D eigenvalue weighted by molar-refractivity contribution is 7.89. The number of hydrogen-bond acceptors (Lipinski definition) is 6. The van der Waals surface area contributed by atoms with Crippen LogP contribution in [0.2, 0.25) is 0 Å². The van der Waals surface area contributed by atoms with Crippen molar-refractivity contribution in [2.24, 2.45) is 0 Å². The van der Waals surface area contributed by atoms with E-state index < -0.39 is 10.0 Å². The molecule has 0 aliphatic heterocycles. The second kappa shape index (κ2) is 7.08. The van der Waals surface area contributed by atoms with Gasteiger partial charge in [0.1, 0.15) is 5.75 Å². The first kappa shape index (κ1) is 16.6. The van der Waals surface area contributed by atoms with Gasteiger partial charge in [-0.25, -0.2) is 13.1 Å². The summed E-state index contributed by atoms with van der Waals surface area (Å²) >= 11 is 1.55. The van der Waals surface area contributed by atoms with Gasteiger partial charge in [0, 0.05) is 29.4 Å². The SMILES string of the molecule is COc1cccc(S(=O)(=O)NCc2nccnc2-c2ccsc2)c1. The van der Waals surface area contributed by atoms with Gasteiger partial charge in [-0.05, 0) is 23.6 Å². The van der Waals surface area contributed by atoms with Crippen molar-refractivity contribution in [2.75, 3.05) is 7.11 Å². The topological polar surface area (TPSA) is 81.2 Å². The third-order valence-electron chi connectivity index (χ3n) is 3.35. The molecule has 6 nitrogen and oxygen atoms in total. The normalized spacial score (nSPS) is 11.4. The van der Waals surface area contributed by atoms with Crippen molar-refractivity contribution in [3.05, 3.63) is 59.2 Å². The molecule has 1 N–H and O–H groups in total. The summed E-state index contributed by atoms with van der Waals surface area (Å²) in [6.45, 7) is 0.0541. The summed E-state index contributed by atoms with van der Waals surface area (Å²) in [6, 6.07) is 8.23. The van der Waals surface area contributed by atoms with Crippen LogP contribution in [0, 0.1) is 0 Å². The highest BCUT2D eigenvalue weighted by Crippen LogP contribution is 2.23. The van der Waals surface area contributed by atoms with Crippen LogP contribution in [-0.2, 0) is 16.6 Å². The Morgan fingerprint density at radius 2 is 2.04 bits per heavy atom. The molecule has 3 aromatic rings. The first-order chi connectivity index (χ1) is 11.6. The van der Waals surface area contributed by atoms with Crippen molar-refractivity contribution in [3.63, 3.8) is 0 Å². The summed E-state index contributed by atoms with van der Waals surface area (Å²) in [5.74, 6) is 0.483. The van der Waals surface area contributed by atoms with Gasteiger partial charge in [0.2, 0.25) is 10.0 Å². The second-order valence-corrected chi connectivity index (χ2v) is 7.41. The number of nitrogens with one attached hydrogen (secondary N) is 1. The molecule has 8 heteroatoms. The van der Waals surface area contributed by atoms with Crippen LogP contribution in [0.5, 0.6) is 5.75 Å². The van der Waals surface area contributed by atoms with Crippen LogP contribution in [0.1, 0.15) is 5.69 Å². The minimum Gasteiger partial charge on any atom is -0.497 e. The van der Waals surface area contributed by atoms with Gasteiger partial charge in [-0.1, -0.05) is 6.07 Å². The fourth-order valence-electron chi connectivity index (χ4n) is 2.15.